The molecular weight excluding hydrogens is 485 g/mol. The molecule has 0 saturated heterocycles. The standard InChI is InChI=1S/C18H13BrINO3/c1-10-7-11(3-5-14(10)20)17-21-15(18(22)24-17)9-12-8-13(19)4-6-16(12)23-2/h3-9H,1-2H3/b15-9-. The van der Waals surface area contributed by atoms with Gasteiger partial charge in [-0.1, -0.05) is 15.9 Å². The Bertz CT molecular complexity index is 890. The second-order valence-corrected chi connectivity index (χ2v) is 7.26. The van der Waals surface area contributed by atoms with E-state index in [1.54, 1.807) is 13.2 Å². The van der Waals surface area contributed by atoms with E-state index >= 15 is 0 Å². The molecule has 0 spiro atoms. The molecule has 1 aliphatic heterocycles. The molecular formula is C18H13BrINO3. The fourth-order valence-electron chi connectivity index (χ4n) is 2.28. The molecule has 4 nitrogen and oxygen atoms in total. The first-order valence-electron chi connectivity index (χ1n) is 7.10. The predicted molar refractivity (Wildman–Crippen MR) is 105 cm³/mol. The second kappa shape index (κ2) is 7.06. The zero-order valence-electron chi connectivity index (χ0n) is 13.0. The Hall–Kier alpha value is -1.67. The summed E-state index contributed by atoms with van der Waals surface area (Å²) in [5.41, 5.74) is 2.89. The zero-order valence-corrected chi connectivity index (χ0v) is 16.7. The Kier molecular flexibility index (Phi) is 5.05. The van der Waals surface area contributed by atoms with Crippen LogP contribution in [0.5, 0.6) is 5.75 Å². The summed E-state index contributed by atoms with van der Waals surface area (Å²) in [5.74, 6) is 0.509. The molecule has 122 valence electrons. The molecule has 0 atom stereocenters. The number of nitrogens with zero attached hydrogens (tertiary/aromatic N) is 1. The van der Waals surface area contributed by atoms with Gasteiger partial charge in [0.15, 0.2) is 5.70 Å². The highest BCUT2D eigenvalue weighted by atomic mass is 127. The van der Waals surface area contributed by atoms with Gasteiger partial charge in [-0.15, -0.1) is 0 Å². The Labute approximate surface area is 161 Å². The van der Waals surface area contributed by atoms with E-state index in [0.29, 0.717) is 11.6 Å². The first-order valence-corrected chi connectivity index (χ1v) is 8.98. The number of aryl methyl sites for hydroxylation is 1. The van der Waals surface area contributed by atoms with Crippen molar-refractivity contribution >= 4 is 56.5 Å². The van der Waals surface area contributed by atoms with Crippen LogP contribution in [-0.2, 0) is 9.53 Å². The molecule has 1 aliphatic rings. The molecule has 24 heavy (non-hydrogen) atoms. The number of cyclic esters (lactones) is 1. The van der Waals surface area contributed by atoms with Crippen molar-refractivity contribution < 1.29 is 14.3 Å². The first-order chi connectivity index (χ1) is 11.5. The van der Waals surface area contributed by atoms with Crippen molar-refractivity contribution in [2.45, 2.75) is 6.92 Å². The summed E-state index contributed by atoms with van der Waals surface area (Å²) in [6.07, 6.45) is 1.67. The fraction of sp³-hybridized carbons (Fsp3) is 0.111. The number of methoxy groups -OCH3 is 1. The molecule has 0 unspecified atom stereocenters. The Morgan fingerprint density at radius 1 is 1.25 bits per heavy atom. The third kappa shape index (κ3) is 3.54. The number of esters is 1. The summed E-state index contributed by atoms with van der Waals surface area (Å²) in [5, 5.41) is 0. The van der Waals surface area contributed by atoms with Gasteiger partial charge in [-0.3, -0.25) is 0 Å². The van der Waals surface area contributed by atoms with Gasteiger partial charge in [0, 0.05) is 19.2 Å². The molecule has 0 N–H and O–H groups in total. The van der Waals surface area contributed by atoms with Gasteiger partial charge in [0.25, 0.3) is 0 Å². The van der Waals surface area contributed by atoms with Crippen LogP contribution in [0.15, 0.2) is 51.6 Å². The normalized spacial score (nSPS) is 15.4. The van der Waals surface area contributed by atoms with E-state index in [4.69, 9.17) is 9.47 Å². The summed E-state index contributed by atoms with van der Waals surface area (Å²) < 4.78 is 12.7. The van der Waals surface area contributed by atoms with Crippen molar-refractivity contribution in [3.05, 3.63) is 66.8 Å². The quantitative estimate of drug-likeness (QED) is 0.350. The van der Waals surface area contributed by atoms with Gasteiger partial charge in [0.2, 0.25) is 5.90 Å². The average Bonchev–Trinajstić information content (AvgIpc) is 2.91. The van der Waals surface area contributed by atoms with E-state index in [0.717, 1.165) is 24.7 Å². The minimum absolute atomic E-state index is 0.248. The molecule has 0 amide bonds. The smallest absolute Gasteiger partial charge is 0.363 e. The summed E-state index contributed by atoms with van der Waals surface area (Å²) in [6.45, 7) is 2.01. The number of hydrogen-bond donors (Lipinski definition) is 0. The van der Waals surface area contributed by atoms with Gasteiger partial charge < -0.3 is 9.47 Å². The van der Waals surface area contributed by atoms with Crippen molar-refractivity contribution in [1.82, 2.24) is 0 Å². The maximum atomic E-state index is 12.1. The van der Waals surface area contributed by atoms with Crippen LogP contribution >= 0.6 is 38.5 Å². The molecule has 0 bridgehead atoms. The van der Waals surface area contributed by atoms with Gasteiger partial charge in [-0.25, -0.2) is 9.79 Å². The summed E-state index contributed by atoms with van der Waals surface area (Å²) in [7, 11) is 1.58. The first kappa shape index (κ1) is 17.2. The minimum Gasteiger partial charge on any atom is -0.496 e. The van der Waals surface area contributed by atoms with Crippen molar-refractivity contribution in [2.75, 3.05) is 7.11 Å². The number of halogens is 2. The molecule has 0 aliphatic carbocycles. The molecule has 1 heterocycles. The van der Waals surface area contributed by atoms with Gasteiger partial charge in [0.1, 0.15) is 5.75 Å². The zero-order chi connectivity index (χ0) is 17.3. The number of hydrogen-bond acceptors (Lipinski definition) is 4. The van der Waals surface area contributed by atoms with Crippen molar-refractivity contribution in [3.8, 4) is 5.75 Å². The fourth-order valence-corrected chi connectivity index (χ4v) is 2.99. The van der Waals surface area contributed by atoms with Crippen LogP contribution in [0.3, 0.4) is 0 Å². The molecule has 6 heteroatoms. The number of carbonyl (C=O) groups excluding carboxylic acids is 1. The van der Waals surface area contributed by atoms with Crippen molar-refractivity contribution in [1.29, 1.82) is 0 Å². The van der Waals surface area contributed by atoms with Crippen LogP contribution in [0.1, 0.15) is 16.7 Å². The van der Waals surface area contributed by atoms with Gasteiger partial charge >= 0.3 is 5.97 Å². The van der Waals surface area contributed by atoms with Gasteiger partial charge in [-0.05, 0) is 77.6 Å². The van der Waals surface area contributed by atoms with E-state index in [-0.39, 0.29) is 5.70 Å². The number of benzene rings is 2. The van der Waals surface area contributed by atoms with Crippen LogP contribution in [0, 0.1) is 10.5 Å². The lowest BCUT2D eigenvalue weighted by atomic mass is 10.1. The van der Waals surface area contributed by atoms with Crippen LogP contribution in [-0.4, -0.2) is 19.0 Å². The molecule has 0 saturated carbocycles. The highest BCUT2D eigenvalue weighted by molar-refractivity contribution is 14.1. The van der Waals surface area contributed by atoms with E-state index < -0.39 is 5.97 Å². The number of aliphatic imine (C=N–C) groups is 1. The number of carbonyl (C=O) groups is 1. The largest absolute Gasteiger partial charge is 0.496 e. The van der Waals surface area contributed by atoms with E-state index in [9.17, 15) is 4.79 Å². The Balaban J connectivity index is 2.00. The van der Waals surface area contributed by atoms with E-state index in [1.165, 1.54) is 0 Å². The van der Waals surface area contributed by atoms with E-state index in [2.05, 4.69) is 43.5 Å². The van der Waals surface area contributed by atoms with Crippen LogP contribution in [0.2, 0.25) is 0 Å². The van der Waals surface area contributed by atoms with Crippen LogP contribution in [0.25, 0.3) is 6.08 Å². The summed E-state index contributed by atoms with van der Waals surface area (Å²) >= 11 is 5.68. The highest BCUT2D eigenvalue weighted by Gasteiger charge is 2.24. The Morgan fingerprint density at radius 3 is 2.75 bits per heavy atom. The lowest BCUT2D eigenvalue weighted by Crippen LogP contribution is -2.05. The molecule has 2 aromatic carbocycles. The van der Waals surface area contributed by atoms with Crippen LogP contribution in [0.4, 0.5) is 0 Å². The average molecular weight is 498 g/mol. The molecule has 0 aromatic heterocycles. The third-order valence-corrected chi connectivity index (χ3v) is 5.21. The monoisotopic (exact) mass is 497 g/mol. The maximum absolute atomic E-state index is 12.1. The van der Waals surface area contributed by atoms with Crippen LogP contribution < -0.4 is 4.74 Å². The lowest BCUT2D eigenvalue weighted by Gasteiger charge is -2.04. The third-order valence-electron chi connectivity index (χ3n) is 3.51. The van der Waals surface area contributed by atoms with Crippen molar-refractivity contribution in [2.24, 2.45) is 4.99 Å². The molecule has 2 aromatic rings. The topological polar surface area (TPSA) is 47.9 Å². The maximum Gasteiger partial charge on any atom is 0.363 e. The van der Waals surface area contributed by atoms with Crippen molar-refractivity contribution in [3.63, 3.8) is 0 Å². The second-order valence-electron chi connectivity index (χ2n) is 5.19. The molecule has 3 rings (SSSR count). The van der Waals surface area contributed by atoms with Gasteiger partial charge in [-0.2, -0.15) is 0 Å². The van der Waals surface area contributed by atoms with E-state index in [1.807, 2.05) is 43.3 Å². The van der Waals surface area contributed by atoms with Gasteiger partial charge in [0.05, 0.1) is 7.11 Å². The Morgan fingerprint density at radius 2 is 2.04 bits per heavy atom. The lowest BCUT2D eigenvalue weighted by molar-refractivity contribution is -0.129. The minimum atomic E-state index is -0.469. The number of ether oxygens (including phenoxy) is 2. The predicted octanol–water partition coefficient (Wildman–Crippen LogP) is 4.72. The summed E-state index contributed by atoms with van der Waals surface area (Å²) in [6, 6.07) is 11.4. The number of rotatable bonds is 3. The molecule has 0 radical (unpaired) electrons. The summed E-state index contributed by atoms with van der Waals surface area (Å²) in [4.78, 5) is 16.5. The highest BCUT2D eigenvalue weighted by Crippen LogP contribution is 2.27. The SMILES string of the molecule is COc1ccc(Br)cc1/C=C1\N=C(c2ccc(I)c(C)c2)OC1=O. The molecule has 0 fully saturated rings.